The molecule has 0 saturated carbocycles. The summed E-state index contributed by atoms with van der Waals surface area (Å²) < 4.78 is 16.8. The summed E-state index contributed by atoms with van der Waals surface area (Å²) in [6.07, 6.45) is 8.18. The van der Waals surface area contributed by atoms with Gasteiger partial charge in [-0.15, -0.1) is 12.3 Å². The average molecular weight is 238 g/mol. The van der Waals surface area contributed by atoms with Crippen molar-refractivity contribution in [3.8, 4) is 12.3 Å². The predicted molar refractivity (Wildman–Crippen MR) is 61.3 cm³/mol. The lowest BCUT2D eigenvalue weighted by Gasteiger charge is -2.42. The van der Waals surface area contributed by atoms with Gasteiger partial charge in [-0.3, -0.25) is 4.79 Å². The van der Waals surface area contributed by atoms with E-state index in [-0.39, 0.29) is 30.4 Å². The second kappa shape index (κ2) is 5.52. The summed E-state index contributed by atoms with van der Waals surface area (Å²) in [5.41, 5.74) is 0. The van der Waals surface area contributed by atoms with Crippen LogP contribution in [0.25, 0.3) is 0 Å². The number of hydrogen-bond donors (Lipinski definition) is 0. The predicted octanol–water partition coefficient (Wildman–Crippen LogP) is 1.28. The maximum absolute atomic E-state index is 11.1. The van der Waals surface area contributed by atoms with E-state index in [1.165, 1.54) is 6.92 Å². The van der Waals surface area contributed by atoms with Crippen molar-refractivity contribution in [2.24, 2.45) is 0 Å². The average Bonchev–Trinajstić information content (AvgIpc) is 2.29. The molecule has 0 N–H and O–H groups in total. The van der Waals surface area contributed by atoms with Gasteiger partial charge in [0.05, 0.1) is 12.2 Å². The van der Waals surface area contributed by atoms with Crippen molar-refractivity contribution in [3.05, 3.63) is 0 Å². The van der Waals surface area contributed by atoms with Gasteiger partial charge >= 0.3 is 5.97 Å². The molecule has 0 aromatic rings. The van der Waals surface area contributed by atoms with Crippen molar-refractivity contribution in [1.82, 2.24) is 0 Å². The Kier molecular flexibility index (Phi) is 4.03. The molecule has 0 aromatic carbocycles. The standard InChI is InChI=1S/C13H18O4/c1-3-5-10-13(16-9(2)14)8-12-11(17-10)6-4-7-15-12/h1,10-13H,4-8H2,2H3/t10-,11+,12-,13+/m1/s1. The van der Waals surface area contributed by atoms with Crippen molar-refractivity contribution in [3.63, 3.8) is 0 Å². The third kappa shape index (κ3) is 2.99. The molecule has 0 radical (unpaired) electrons. The van der Waals surface area contributed by atoms with Gasteiger partial charge in [-0.25, -0.2) is 0 Å². The van der Waals surface area contributed by atoms with Crippen LogP contribution in [0, 0.1) is 12.3 Å². The van der Waals surface area contributed by atoms with Crippen molar-refractivity contribution in [2.45, 2.75) is 57.0 Å². The van der Waals surface area contributed by atoms with Gasteiger partial charge in [0.2, 0.25) is 0 Å². The normalized spacial score (nSPS) is 36.7. The fourth-order valence-corrected chi connectivity index (χ4v) is 2.51. The minimum Gasteiger partial charge on any atom is -0.460 e. The highest BCUT2D eigenvalue weighted by Crippen LogP contribution is 2.31. The second-order valence-corrected chi connectivity index (χ2v) is 4.56. The van der Waals surface area contributed by atoms with Crippen LogP contribution >= 0.6 is 0 Å². The molecule has 0 aromatic heterocycles. The maximum Gasteiger partial charge on any atom is 0.302 e. The molecular weight excluding hydrogens is 220 g/mol. The monoisotopic (exact) mass is 238 g/mol. The molecule has 2 rings (SSSR count). The number of carbonyl (C=O) groups is 1. The number of hydrogen-bond acceptors (Lipinski definition) is 4. The Morgan fingerprint density at radius 2 is 2.35 bits per heavy atom. The Morgan fingerprint density at radius 1 is 1.53 bits per heavy atom. The van der Waals surface area contributed by atoms with Gasteiger partial charge in [0, 0.05) is 26.4 Å². The van der Waals surface area contributed by atoms with E-state index in [1.807, 2.05) is 0 Å². The smallest absolute Gasteiger partial charge is 0.302 e. The van der Waals surface area contributed by atoms with E-state index in [2.05, 4.69) is 5.92 Å². The first-order chi connectivity index (χ1) is 8.20. The van der Waals surface area contributed by atoms with Crippen LogP contribution in [0.1, 0.15) is 32.6 Å². The molecule has 2 aliphatic heterocycles. The molecule has 4 heteroatoms. The number of esters is 1. The van der Waals surface area contributed by atoms with Gasteiger partial charge in [0.25, 0.3) is 0 Å². The lowest BCUT2D eigenvalue weighted by molar-refractivity contribution is -0.211. The first-order valence-electron chi connectivity index (χ1n) is 6.08. The maximum atomic E-state index is 11.1. The van der Waals surface area contributed by atoms with E-state index in [9.17, 15) is 4.79 Å². The quantitative estimate of drug-likeness (QED) is 0.537. The Labute approximate surface area is 102 Å². The molecule has 94 valence electrons. The molecule has 4 atom stereocenters. The largest absolute Gasteiger partial charge is 0.460 e. The molecule has 17 heavy (non-hydrogen) atoms. The van der Waals surface area contributed by atoms with Crippen LogP contribution in [0.15, 0.2) is 0 Å². The summed E-state index contributed by atoms with van der Waals surface area (Å²) in [5, 5.41) is 0. The Hall–Kier alpha value is -1.05. The fourth-order valence-electron chi connectivity index (χ4n) is 2.51. The topological polar surface area (TPSA) is 44.8 Å². The summed E-state index contributed by atoms with van der Waals surface area (Å²) in [5.74, 6) is 2.28. The zero-order valence-electron chi connectivity index (χ0n) is 10.1. The van der Waals surface area contributed by atoms with Gasteiger partial charge in [-0.1, -0.05) is 0 Å². The van der Waals surface area contributed by atoms with Crippen LogP contribution in [0.4, 0.5) is 0 Å². The highest BCUT2D eigenvalue weighted by molar-refractivity contribution is 5.66. The van der Waals surface area contributed by atoms with E-state index in [1.54, 1.807) is 0 Å². The number of ether oxygens (including phenoxy) is 3. The zero-order chi connectivity index (χ0) is 12.3. The number of terminal acetylenes is 1. The molecule has 0 bridgehead atoms. The Balaban J connectivity index is 2.02. The molecule has 0 unspecified atom stereocenters. The summed E-state index contributed by atoms with van der Waals surface area (Å²) in [7, 11) is 0. The van der Waals surface area contributed by atoms with E-state index in [0.29, 0.717) is 12.8 Å². The van der Waals surface area contributed by atoms with Crippen LogP contribution in [-0.2, 0) is 19.0 Å². The molecule has 2 heterocycles. The molecule has 2 fully saturated rings. The molecule has 2 aliphatic rings. The molecule has 0 amide bonds. The summed E-state index contributed by atoms with van der Waals surface area (Å²) in [4.78, 5) is 11.1. The van der Waals surface area contributed by atoms with Crippen molar-refractivity contribution >= 4 is 5.97 Å². The van der Waals surface area contributed by atoms with Crippen LogP contribution in [-0.4, -0.2) is 37.0 Å². The van der Waals surface area contributed by atoms with Gasteiger partial charge in [0.1, 0.15) is 12.2 Å². The number of rotatable bonds is 2. The van der Waals surface area contributed by atoms with Crippen LogP contribution in [0.5, 0.6) is 0 Å². The minimum atomic E-state index is -0.296. The van der Waals surface area contributed by atoms with Crippen LogP contribution in [0.3, 0.4) is 0 Å². The molecule has 0 aliphatic carbocycles. The van der Waals surface area contributed by atoms with E-state index < -0.39 is 0 Å². The number of carbonyl (C=O) groups excluding carboxylic acids is 1. The zero-order valence-corrected chi connectivity index (χ0v) is 10.1. The van der Waals surface area contributed by atoms with Gasteiger partial charge in [-0.2, -0.15) is 0 Å². The molecule has 2 saturated heterocycles. The SMILES string of the molecule is C#CC[C@H]1O[C@H]2CCCO[C@@H]2C[C@@H]1OC(C)=O. The highest BCUT2D eigenvalue weighted by Gasteiger charge is 2.41. The van der Waals surface area contributed by atoms with Gasteiger partial charge in [-0.05, 0) is 12.8 Å². The van der Waals surface area contributed by atoms with Crippen molar-refractivity contribution in [2.75, 3.05) is 6.61 Å². The van der Waals surface area contributed by atoms with E-state index >= 15 is 0 Å². The molecular formula is C13H18O4. The number of fused-ring (bicyclic) bond motifs is 1. The minimum absolute atomic E-state index is 0.0436. The fraction of sp³-hybridized carbons (Fsp3) is 0.769. The third-order valence-corrected chi connectivity index (χ3v) is 3.24. The molecule has 4 nitrogen and oxygen atoms in total. The van der Waals surface area contributed by atoms with Gasteiger partial charge < -0.3 is 14.2 Å². The summed E-state index contributed by atoms with van der Waals surface area (Å²) in [6, 6.07) is 0. The summed E-state index contributed by atoms with van der Waals surface area (Å²) in [6.45, 7) is 2.16. The highest BCUT2D eigenvalue weighted by atomic mass is 16.6. The Bertz CT molecular complexity index is 320. The third-order valence-electron chi connectivity index (χ3n) is 3.24. The summed E-state index contributed by atoms with van der Waals surface area (Å²) >= 11 is 0. The van der Waals surface area contributed by atoms with Gasteiger partial charge in [0.15, 0.2) is 0 Å². The second-order valence-electron chi connectivity index (χ2n) is 4.56. The Morgan fingerprint density at radius 3 is 3.06 bits per heavy atom. The lowest BCUT2D eigenvalue weighted by atomic mass is 9.92. The van der Waals surface area contributed by atoms with E-state index in [4.69, 9.17) is 20.6 Å². The van der Waals surface area contributed by atoms with Crippen molar-refractivity contribution < 1.29 is 19.0 Å². The first-order valence-corrected chi connectivity index (χ1v) is 6.08. The molecule has 0 spiro atoms. The first kappa shape index (κ1) is 12.4. The van der Waals surface area contributed by atoms with E-state index in [0.717, 1.165) is 19.4 Å². The van der Waals surface area contributed by atoms with Crippen LogP contribution < -0.4 is 0 Å². The lowest BCUT2D eigenvalue weighted by Crippen LogP contribution is -2.51. The van der Waals surface area contributed by atoms with Crippen molar-refractivity contribution in [1.29, 1.82) is 0 Å². The van der Waals surface area contributed by atoms with Crippen LogP contribution in [0.2, 0.25) is 0 Å².